The number of hydrogen-bond acceptors (Lipinski definition) is 6. The lowest BCUT2D eigenvalue weighted by molar-refractivity contribution is -0.120. The van der Waals surface area contributed by atoms with E-state index in [1.54, 1.807) is 18.2 Å². The molecule has 0 unspecified atom stereocenters. The maximum absolute atomic E-state index is 12.4. The largest absolute Gasteiger partial charge is 0.399 e. The Hall–Kier alpha value is -2.25. The molecular weight excluding hydrogens is 294 g/mol. The molecule has 1 saturated heterocycles. The van der Waals surface area contributed by atoms with Gasteiger partial charge in [0.2, 0.25) is 0 Å². The average Bonchev–Trinajstić information content (AvgIpc) is 2.53. The molecule has 5 N–H and O–H groups in total. The van der Waals surface area contributed by atoms with E-state index >= 15 is 0 Å². The summed E-state index contributed by atoms with van der Waals surface area (Å²) in [4.78, 5) is 28.9. The maximum Gasteiger partial charge on any atom is 0.261 e. The number of nitrogens with two attached hydrogens (primary N) is 2. The van der Waals surface area contributed by atoms with Crippen LogP contribution >= 0.6 is 0 Å². The number of aromatic nitrogens is 2. The number of nitrogens with zero attached hydrogens (tertiary/aromatic N) is 2. The van der Waals surface area contributed by atoms with Crippen molar-refractivity contribution in [3.63, 3.8) is 0 Å². The van der Waals surface area contributed by atoms with Crippen molar-refractivity contribution < 1.29 is 4.79 Å². The standard InChI is InChI=1S/C16H21N5O2/c17-10-3-4-14-12(6-10)16(23)21(9-20-14)8-11(22)7-15-13(18)2-1-5-19-15/h3-4,6,9,13,15,19H,1-2,5,7-8,17-18H2/t13-,15+/m1/s1. The molecular formula is C16H21N5O2. The summed E-state index contributed by atoms with van der Waals surface area (Å²) < 4.78 is 1.33. The van der Waals surface area contributed by atoms with E-state index in [2.05, 4.69) is 10.3 Å². The van der Waals surface area contributed by atoms with Gasteiger partial charge in [-0.1, -0.05) is 0 Å². The Labute approximate surface area is 133 Å². The number of benzene rings is 1. The highest BCUT2D eigenvalue weighted by molar-refractivity contribution is 5.82. The molecule has 0 aliphatic carbocycles. The van der Waals surface area contributed by atoms with Crippen molar-refractivity contribution in [1.82, 2.24) is 14.9 Å². The second-order valence-corrected chi connectivity index (χ2v) is 6.06. The number of anilines is 1. The first-order valence-electron chi connectivity index (χ1n) is 7.80. The van der Waals surface area contributed by atoms with Crippen LogP contribution in [-0.2, 0) is 11.3 Å². The number of carbonyl (C=O) groups excluding carboxylic acids is 1. The molecule has 0 radical (unpaired) electrons. The second kappa shape index (κ2) is 6.47. The van der Waals surface area contributed by atoms with E-state index in [-0.39, 0.29) is 30.0 Å². The lowest BCUT2D eigenvalue weighted by Crippen LogP contribution is -2.50. The number of nitrogen functional groups attached to an aromatic ring is 1. The monoisotopic (exact) mass is 315 g/mol. The van der Waals surface area contributed by atoms with E-state index in [9.17, 15) is 9.59 Å². The lowest BCUT2D eigenvalue weighted by atomic mass is 9.95. The fraction of sp³-hybridized carbons (Fsp3) is 0.438. The summed E-state index contributed by atoms with van der Waals surface area (Å²) in [5.74, 6) is -0.0352. The van der Waals surface area contributed by atoms with E-state index in [1.807, 2.05) is 0 Å². The summed E-state index contributed by atoms with van der Waals surface area (Å²) in [7, 11) is 0. The molecule has 1 aromatic heterocycles. The Balaban J connectivity index is 1.77. The average molecular weight is 315 g/mol. The molecule has 7 heteroatoms. The molecule has 7 nitrogen and oxygen atoms in total. The van der Waals surface area contributed by atoms with Crippen molar-refractivity contribution in [3.05, 3.63) is 34.9 Å². The molecule has 0 amide bonds. The van der Waals surface area contributed by atoms with E-state index in [4.69, 9.17) is 11.5 Å². The molecule has 1 aliphatic rings. The summed E-state index contributed by atoms with van der Waals surface area (Å²) >= 11 is 0. The topological polar surface area (TPSA) is 116 Å². The van der Waals surface area contributed by atoms with Gasteiger partial charge in [0.15, 0.2) is 5.78 Å². The van der Waals surface area contributed by atoms with Crippen LogP contribution in [0, 0.1) is 0 Å². The van der Waals surface area contributed by atoms with Crippen molar-refractivity contribution in [1.29, 1.82) is 0 Å². The van der Waals surface area contributed by atoms with Crippen LogP contribution in [0.15, 0.2) is 29.3 Å². The molecule has 3 rings (SSSR count). The predicted molar refractivity (Wildman–Crippen MR) is 89.0 cm³/mol. The van der Waals surface area contributed by atoms with Gasteiger partial charge in [0, 0.05) is 24.2 Å². The molecule has 2 aromatic rings. The van der Waals surface area contributed by atoms with Crippen LogP contribution in [0.1, 0.15) is 19.3 Å². The van der Waals surface area contributed by atoms with E-state index in [0.717, 1.165) is 19.4 Å². The van der Waals surface area contributed by atoms with Crippen LogP contribution in [0.4, 0.5) is 5.69 Å². The number of ketones is 1. The molecule has 0 saturated carbocycles. The zero-order valence-electron chi connectivity index (χ0n) is 12.9. The molecule has 1 aliphatic heterocycles. The third-order valence-corrected chi connectivity index (χ3v) is 4.28. The quantitative estimate of drug-likeness (QED) is 0.685. The van der Waals surface area contributed by atoms with Crippen molar-refractivity contribution in [2.75, 3.05) is 12.3 Å². The zero-order chi connectivity index (χ0) is 16.4. The van der Waals surface area contributed by atoms with Gasteiger partial charge in [-0.25, -0.2) is 4.98 Å². The number of Topliss-reactive ketones (excluding diaryl/α,β-unsaturated/α-hetero) is 1. The molecule has 2 atom stereocenters. The van der Waals surface area contributed by atoms with Crippen LogP contribution in [0.25, 0.3) is 10.9 Å². The molecule has 2 heterocycles. The maximum atomic E-state index is 12.4. The van der Waals surface area contributed by atoms with Gasteiger partial charge in [0.1, 0.15) is 0 Å². The summed E-state index contributed by atoms with van der Waals surface area (Å²) in [6.07, 6.45) is 3.68. The van der Waals surface area contributed by atoms with Gasteiger partial charge in [0.05, 0.1) is 23.8 Å². The molecule has 1 aromatic carbocycles. The molecule has 0 spiro atoms. The normalized spacial score (nSPS) is 21.4. The highest BCUT2D eigenvalue weighted by atomic mass is 16.1. The van der Waals surface area contributed by atoms with E-state index < -0.39 is 0 Å². The first-order valence-corrected chi connectivity index (χ1v) is 7.80. The van der Waals surface area contributed by atoms with Gasteiger partial charge in [0.25, 0.3) is 5.56 Å². The summed E-state index contributed by atoms with van der Waals surface area (Å²) in [6, 6.07) is 4.95. The SMILES string of the molecule is Nc1ccc2ncn(CC(=O)C[C@@H]3NCCC[C@H]3N)c(=O)c2c1. The van der Waals surface area contributed by atoms with Crippen LogP contribution in [-0.4, -0.2) is 34.0 Å². The summed E-state index contributed by atoms with van der Waals surface area (Å²) in [6.45, 7) is 0.879. The van der Waals surface area contributed by atoms with Crippen molar-refractivity contribution in [2.45, 2.75) is 37.9 Å². The second-order valence-electron chi connectivity index (χ2n) is 6.06. The van der Waals surface area contributed by atoms with Crippen LogP contribution in [0.2, 0.25) is 0 Å². The van der Waals surface area contributed by atoms with Gasteiger partial charge in [-0.15, -0.1) is 0 Å². The van der Waals surface area contributed by atoms with Crippen molar-refractivity contribution in [3.8, 4) is 0 Å². The zero-order valence-corrected chi connectivity index (χ0v) is 12.9. The van der Waals surface area contributed by atoms with Gasteiger partial charge >= 0.3 is 0 Å². The van der Waals surface area contributed by atoms with Crippen LogP contribution in [0.5, 0.6) is 0 Å². The Morgan fingerprint density at radius 2 is 2.26 bits per heavy atom. The number of nitrogens with one attached hydrogen (secondary N) is 1. The fourth-order valence-corrected chi connectivity index (χ4v) is 2.99. The first-order chi connectivity index (χ1) is 11.0. The molecule has 1 fully saturated rings. The molecule has 23 heavy (non-hydrogen) atoms. The molecule has 122 valence electrons. The lowest BCUT2D eigenvalue weighted by Gasteiger charge is -2.29. The number of fused-ring (bicyclic) bond motifs is 1. The third kappa shape index (κ3) is 3.40. The Morgan fingerprint density at radius 3 is 3.04 bits per heavy atom. The number of piperidine rings is 1. The summed E-state index contributed by atoms with van der Waals surface area (Å²) in [5, 5.41) is 3.70. The third-order valence-electron chi connectivity index (χ3n) is 4.28. The predicted octanol–water partition coefficient (Wildman–Crippen LogP) is 0.0172. The Bertz CT molecular complexity index is 786. The van der Waals surface area contributed by atoms with Crippen LogP contribution < -0.4 is 22.3 Å². The van der Waals surface area contributed by atoms with Crippen LogP contribution in [0.3, 0.4) is 0 Å². The van der Waals surface area contributed by atoms with Gasteiger partial charge in [-0.2, -0.15) is 0 Å². The minimum absolute atomic E-state index is 0.00146. The Kier molecular flexibility index (Phi) is 4.40. The minimum Gasteiger partial charge on any atom is -0.399 e. The smallest absolute Gasteiger partial charge is 0.261 e. The summed E-state index contributed by atoms with van der Waals surface area (Å²) in [5.41, 5.74) is 12.6. The fourth-order valence-electron chi connectivity index (χ4n) is 2.99. The van der Waals surface area contributed by atoms with E-state index in [0.29, 0.717) is 23.0 Å². The first kappa shape index (κ1) is 15.6. The number of hydrogen-bond donors (Lipinski definition) is 3. The Morgan fingerprint density at radius 1 is 1.43 bits per heavy atom. The number of carbonyl (C=O) groups is 1. The van der Waals surface area contributed by atoms with E-state index in [1.165, 1.54) is 10.9 Å². The minimum atomic E-state index is -0.253. The van der Waals surface area contributed by atoms with Gasteiger partial charge in [-0.3, -0.25) is 14.2 Å². The van der Waals surface area contributed by atoms with Crippen molar-refractivity contribution >= 4 is 22.4 Å². The highest BCUT2D eigenvalue weighted by Crippen LogP contribution is 2.12. The number of rotatable bonds is 4. The van der Waals surface area contributed by atoms with Gasteiger partial charge < -0.3 is 16.8 Å². The van der Waals surface area contributed by atoms with Crippen molar-refractivity contribution in [2.24, 2.45) is 5.73 Å². The highest BCUT2D eigenvalue weighted by Gasteiger charge is 2.23. The van der Waals surface area contributed by atoms with Gasteiger partial charge in [-0.05, 0) is 37.6 Å². The molecule has 0 bridgehead atoms.